The van der Waals surface area contributed by atoms with Gasteiger partial charge in [0.15, 0.2) is 0 Å². The van der Waals surface area contributed by atoms with E-state index in [1.54, 1.807) is 30.1 Å². The second-order valence-corrected chi connectivity index (χ2v) is 4.27. The summed E-state index contributed by atoms with van der Waals surface area (Å²) in [4.78, 5) is 16.1. The molecule has 96 valence electrons. The summed E-state index contributed by atoms with van der Waals surface area (Å²) < 4.78 is 7.04. The molecule has 0 saturated carbocycles. The lowest BCUT2D eigenvalue weighted by Gasteiger charge is -2.10. The third-order valence-corrected chi connectivity index (χ3v) is 2.62. The number of aryl methyl sites for hydroxylation is 2. The average molecular weight is 248 g/mol. The Kier molecular flexibility index (Phi) is 3.10. The molecule has 0 fully saturated rings. The van der Waals surface area contributed by atoms with Crippen molar-refractivity contribution in [1.29, 1.82) is 0 Å². The Morgan fingerprint density at radius 3 is 2.83 bits per heavy atom. The lowest BCUT2D eigenvalue weighted by Crippen LogP contribution is -2.28. The quantitative estimate of drug-likeness (QED) is 0.859. The molecule has 2 aromatic rings. The second-order valence-electron chi connectivity index (χ2n) is 4.27. The minimum Gasteiger partial charge on any atom is -0.444 e. The van der Waals surface area contributed by atoms with Gasteiger partial charge in [-0.25, -0.2) is 4.98 Å². The van der Waals surface area contributed by atoms with Gasteiger partial charge in [-0.15, -0.1) is 0 Å². The Hall–Kier alpha value is -2.24. The molecular weight excluding hydrogens is 232 g/mol. The number of nitrogens with zero attached hydrogens (tertiary/aromatic N) is 2. The Balaban J connectivity index is 2.10. The van der Waals surface area contributed by atoms with Crippen LogP contribution in [0.15, 0.2) is 22.9 Å². The van der Waals surface area contributed by atoms with Crippen LogP contribution in [-0.4, -0.2) is 15.5 Å². The summed E-state index contributed by atoms with van der Waals surface area (Å²) in [5.41, 5.74) is 6.69. The number of rotatable bonds is 3. The number of carbonyl (C=O) groups is 1. The van der Waals surface area contributed by atoms with Crippen molar-refractivity contribution >= 4 is 11.6 Å². The van der Waals surface area contributed by atoms with Gasteiger partial charge in [0.2, 0.25) is 5.89 Å². The van der Waals surface area contributed by atoms with Crippen LogP contribution in [-0.2, 0) is 7.05 Å². The van der Waals surface area contributed by atoms with E-state index in [1.807, 2.05) is 13.8 Å². The van der Waals surface area contributed by atoms with E-state index in [1.165, 1.54) is 0 Å². The number of nitrogens with two attached hydrogens (primary N) is 1. The Bertz CT molecular complexity index is 570. The van der Waals surface area contributed by atoms with E-state index in [-0.39, 0.29) is 11.9 Å². The predicted molar refractivity (Wildman–Crippen MR) is 66.9 cm³/mol. The molecule has 2 rings (SSSR count). The molecule has 1 atom stereocenters. The van der Waals surface area contributed by atoms with Gasteiger partial charge < -0.3 is 20.0 Å². The summed E-state index contributed by atoms with van der Waals surface area (Å²) in [5.74, 6) is 0.995. The smallest absolute Gasteiger partial charge is 0.268 e. The molecular formula is C12H16N4O2. The maximum Gasteiger partial charge on any atom is 0.268 e. The van der Waals surface area contributed by atoms with Crippen LogP contribution in [0.2, 0.25) is 0 Å². The molecule has 2 aromatic heterocycles. The Morgan fingerprint density at radius 1 is 1.61 bits per heavy atom. The summed E-state index contributed by atoms with van der Waals surface area (Å²) in [5, 5.41) is 2.81. The van der Waals surface area contributed by atoms with E-state index in [0.29, 0.717) is 23.0 Å². The molecule has 0 spiro atoms. The van der Waals surface area contributed by atoms with Gasteiger partial charge in [0.25, 0.3) is 5.91 Å². The number of carbonyl (C=O) groups excluding carboxylic acids is 1. The molecule has 0 aliphatic heterocycles. The van der Waals surface area contributed by atoms with Crippen LogP contribution in [0.5, 0.6) is 0 Å². The Morgan fingerprint density at radius 2 is 2.33 bits per heavy atom. The number of hydrogen-bond acceptors (Lipinski definition) is 4. The fraction of sp³-hybridized carbons (Fsp3) is 0.333. The first-order valence-corrected chi connectivity index (χ1v) is 5.62. The van der Waals surface area contributed by atoms with E-state index in [2.05, 4.69) is 10.3 Å². The van der Waals surface area contributed by atoms with Crippen LogP contribution in [0.1, 0.15) is 35.1 Å². The summed E-state index contributed by atoms with van der Waals surface area (Å²) in [7, 11) is 1.77. The molecule has 1 amide bonds. The van der Waals surface area contributed by atoms with Crippen LogP contribution in [0.25, 0.3) is 0 Å². The van der Waals surface area contributed by atoms with Crippen molar-refractivity contribution in [2.45, 2.75) is 19.9 Å². The van der Waals surface area contributed by atoms with Crippen molar-refractivity contribution in [1.82, 2.24) is 14.9 Å². The molecule has 1 unspecified atom stereocenters. The van der Waals surface area contributed by atoms with Crippen molar-refractivity contribution in [3.8, 4) is 0 Å². The number of aromatic nitrogens is 2. The molecule has 3 N–H and O–H groups in total. The number of oxazole rings is 1. The van der Waals surface area contributed by atoms with E-state index < -0.39 is 0 Å². The molecule has 18 heavy (non-hydrogen) atoms. The van der Waals surface area contributed by atoms with Gasteiger partial charge >= 0.3 is 0 Å². The van der Waals surface area contributed by atoms with Crippen molar-refractivity contribution < 1.29 is 9.21 Å². The monoisotopic (exact) mass is 248 g/mol. The van der Waals surface area contributed by atoms with Gasteiger partial charge in [0.1, 0.15) is 17.5 Å². The topological polar surface area (TPSA) is 86.1 Å². The number of amides is 1. The van der Waals surface area contributed by atoms with Gasteiger partial charge in [0.05, 0.1) is 11.9 Å². The zero-order chi connectivity index (χ0) is 13.3. The number of nitrogens with one attached hydrogen (secondary N) is 1. The third kappa shape index (κ3) is 2.37. The molecule has 6 nitrogen and oxygen atoms in total. The second kappa shape index (κ2) is 4.56. The van der Waals surface area contributed by atoms with Crippen LogP contribution in [0.4, 0.5) is 5.69 Å². The fourth-order valence-electron chi connectivity index (χ4n) is 1.72. The molecule has 0 aliphatic rings. The van der Waals surface area contributed by atoms with Gasteiger partial charge in [-0.3, -0.25) is 4.79 Å². The lowest BCUT2D eigenvalue weighted by atomic mass is 10.3. The summed E-state index contributed by atoms with van der Waals surface area (Å²) in [6.07, 6.45) is 3.31. The van der Waals surface area contributed by atoms with Crippen molar-refractivity contribution in [3.63, 3.8) is 0 Å². The normalized spacial score (nSPS) is 12.4. The largest absolute Gasteiger partial charge is 0.444 e. The van der Waals surface area contributed by atoms with Gasteiger partial charge in [-0.2, -0.15) is 0 Å². The van der Waals surface area contributed by atoms with Crippen LogP contribution in [0, 0.1) is 6.92 Å². The molecule has 0 bridgehead atoms. The van der Waals surface area contributed by atoms with Crippen LogP contribution in [0.3, 0.4) is 0 Å². The third-order valence-electron chi connectivity index (χ3n) is 2.62. The van der Waals surface area contributed by atoms with Crippen LogP contribution >= 0.6 is 0 Å². The molecule has 0 radical (unpaired) electrons. The standard InChI is InChI=1S/C12H16N4O2/c1-7-5-14-12(18-7)8(2)15-11(17)10-4-9(13)6-16(10)3/h4-6,8H,13H2,1-3H3,(H,15,17). The minimum atomic E-state index is -0.290. The molecule has 2 heterocycles. The number of nitrogen functional groups attached to an aromatic ring is 1. The first kappa shape index (κ1) is 12.2. The van der Waals surface area contributed by atoms with E-state index in [0.717, 1.165) is 0 Å². The maximum atomic E-state index is 12.0. The number of hydrogen-bond donors (Lipinski definition) is 2. The highest BCUT2D eigenvalue weighted by atomic mass is 16.4. The van der Waals surface area contributed by atoms with E-state index >= 15 is 0 Å². The summed E-state index contributed by atoms with van der Waals surface area (Å²) in [6.45, 7) is 3.62. The van der Waals surface area contributed by atoms with Gasteiger partial charge in [-0.1, -0.05) is 0 Å². The number of anilines is 1. The molecule has 0 aliphatic carbocycles. The highest BCUT2D eigenvalue weighted by Crippen LogP contribution is 2.14. The predicted octanol–water partition coefficient (Wildman–Crippen LogP) is 1.39. The summed E-state index contributed by atoms with van der Waals surface area (Å²) in [6, 6.07) is 1.34. The fourth-order valence-corrected chi connectivity index (χ4v) is 1.72. The highest BCUT2D eigenvalue weighted by molar-refractivity contribution is 5.93. The zero-order valence-electron chi connectivity index (χ0n) is 10.6. The van der Waals surface area contributed by atoms with Crippen molar-refractivity contribution in [3.05, 3.63) is 35.8 Å². The molecule has 0 saturated heterocycles. The van der Waals surface area contributed by atoms with Gasteiger partial charge in [0, 0.05) is 13.2 Å². The molecule has 0 aromatic carbocycles. The minimum absolute atomic E-state index is 0.211. The lowest BCUT2D eigenvalue weighted by molar-refractivity contribution is 0.0925. The van der Waals surface area contributed by atoms with Crippen molar-refractivity contribution in [2.24, 2.45) is 7.05 Å². The van der Waals surface area contributed by atoms with Gasteiger partial charge in [-0.05, 0) is 19.9 Å². The first-order valence-electron chi connectivity index (χ1n) is 5.62. The Labute approximate surface area is 105 Å². The SMILES string of the molecule is Cc1cnc(C(C)NC(=O)c2cc(N)cn2C)o1. The highest BCUT2D eigenvalue weighted by Gasteiger charge is 2.17. The van der Waals surface area contributed by atoms with Crippen molar-refractivity contribution in [2.75, 3.05) is 5.73 Å². The average Bonchev–Trinajstić information content (AvgIpc) is 2.84. The zero-order valence-corrected chi connectivity index (χ0v) is 10.6. The molecule has 6 heteroatoms. The summed E-state index contributed by atoms with van der Waals surface area (Å²) >= 11 is 0. The van der Waals surface area contributed by atoms with E-state index in [4.69, 9.17) is 10.2 Å². The van der Waals surface area contributed by atoms with E-state index in [9.17, 15) is 4.79 Å². The maximum absolute atomic E-state index is 12.0. The van der Waals surface area contributed by atoms with Crippen LogP contribution < -0.4 is 11.1 Å². The first-order chi connectivity index (χ1) is 8.47.